The van der Waals surface area contributed by atoms with Gasteiger partial charge < -0.3 is 24.8 Å². The quantitative estimate of drug-likeness (QED) is 0.832. The molecule has 4 unspecified atom stereocenters. The number of aromatic nitrogens is 1. The molecule has 3 fully saturated rings. The molecule has 1 aliphatic carbocycles. The Labute approximate surface area is 153 Å². The Hall–Kier alpha value is -1.70. The highest BCUT2D eigenvalue weighted by Crippen LogP contribution is 2.29. The van der Waals surface area contributed by atoms with E-state index in [1.807, 2.05) is 18.2 Å². The topological polar surface area (TPSA) is 81.7 Å². The van der Waals surface area contributed by atoms with Gasteiger partial charge in [0.1, 0.15) is 12.2 Å². The summed E-state index contributed by atoms with van der Waals surface area (Å²) in [7, 11) is 0. The summed E-state index contributed by atoms with van der Waals surface area (Å²) in [5.41, 5.74) is 0.980. The predicted octanol–water partition coefficient (Wildman–Crippen LogP) is 1.76. The standard InChI is InChI=1S/C19H27N3O4/c23-19(22-13-6-2-1-3-7-13)26-16-12-25-17-15(11-24-18(16)17)21-10-14-8-4-5-9-20-14/h4-5,8-9,13,15-18,21H,1-3,6-7,10-12H2,(H,22,23). The van der Waals surface area contributed by atoms with Crippen LogP contribution in [0.15, 0.2) is 24.4 Å². The number of alkyl carbamates (subject to hydrolysis) is 1. The highest BCUT2D eigenvalue weighted by molar-refractivity contribution is 5.68. The second-order valence-corrected chi connectivity index (χ2v) is 7.33. The van der Waals surface area contributed by atoms with E-state index in [-0.39, 0.29) is 36.5 Å². The van der Waals surface area contributed by atoms with Crippen LogP contribution in [0.2, 0.25) is 0 Å². The molecule has 4 atom stereocenters. The molecule has 1 aromatic rings. The van der Waals surface area contributed by atoms with Crippen molar-refractivity contribution < 1.29 is 19.0 Å². The van der Waals surface area contributed by atoms with Crippen molar-refractivity contribution in [1.29, 1.82) is 0 Å². The third-order valence-corrected chi connectivity index (χ3v) is 5.47. The Balaban J connectivity index is 1.24. The number of nitrogens with zero attached hydrogens (tertiary/aromatic N) is 1. The summed E-state index contributed by atoms with van der Waals surface area (Å²) in [6.07, 6.45) is 6.49. The van der Waals surface area contributed by atoms with Gasteiger partial charge in [-0.25, -0.2) is 4.79 Å². The van der Waals surface area contributed by atoms with Crippen LogP contribution in [-0.4, -0.2) is 54.7 Å². The Kier molecular flexibility index (Phi) is 5.67. The van der Waals surface area contributed by atoms with Crippen LogP contribution in [0.5, 0.6) is 0 Å². The number of fused-ring (bicyclic) bond motifs is 1. The molecule has 4 rings (SSSR count). The molecule has 2 aliphatic heterocycles. The first-order chi connectivity index (χ1) is 12.8. The number of hydrogen-bond acceptors (Lipinski definition) is 6. The van der Waals surface area contributed by atoms with Gasteiger partial charge in [-0.2, -0.15) is 0 Å². The molecule has 142 valence electrons. The van der Waals surface area contributed by atoms with Crippen LogP contribution in [-0.2, 0) is 20.8 Å². The van der Waals surface area contributed by atoms with E-state index in [4.69, 9.17) is 14.2 Å². The number of carbonyl (C=O) groups is 1. The van der Waals surface area contributed by atoms with Crippen LogP contribution in [0.4, 0.5) is 4.79 Å². The molecule has 0 radical (unpaired) electrons. The van der Waals surface area contributed by atoms with Crippen LogP contribution in [0.25, 0.3) is 0 Å². The van der Waals surface area contributed by atoms with E-state index in [1.54, 1.807) is 6.20 Å². The maximum atomic E-state index is 12.2. The van der Waals surface area contributed by atoms with Crippen LogP contribution in [0, 0.1) is 0 Å². The highest BCUT2D eigenvalue weighted by Gasteiger charge is 2.49. The SMILES string of the molecule is O=C(NC1CCCCC1)OC1COC2C(NCc3ccccn3)COC12. The van der Waals surface area contributed by atoms with Gasteiger partial charge >= 0.3 is 6.09 Å². The van der Waals surface area contributed by atoms with Crippen molar-refractivity contribution in [3.05, 3.63) is 30.1 Å². The Morgan fingerprint density at radius 3 is 2.81 bits per heavy atom. The van der Waals surface area contributed by atoms with E-state index in [0.717, 1.165) is 18.5 Å². The predicted molar refractivity (Wildman–Crippen MR) is 94.6 cm³/mol. The number of nitrogens with one attached hydrogen (secondary N) is 2. The summed E-state index contributed by atoms with van der Waals surface area (Å²) < 4.78 is 17.3. The van der Waals surface area contributed by atoms with E-state index in [1.165, 1.54) is 19.3 Å². The van der Waals surface area contributed by atoms with Crippen LogP contribution < -0.4 is 10.6 Å². The smallest absolute Gasteiger partial charge is 0.407 e. The summed E-state index contributed by atoms with van der Waals surface area (Å²) in [5, 5.41) is 6.43. The molecule has 0 spiro atoms. The molecule has 2 N–H and O–H groups in total. The van der Waals surface area contributed by atoms with Crippen molar-refractivity contribution >= 4 is 6.09 Å². The average Bonchev–Trinajstić information content (AvgIpc) is 3.25. The van der Waals surface area contributed by atoms with E-state index in [2.05, 4.69) is 15.6 Å². The minimum absolute atomic E-state index is 0.0806. The molecule has 7 nitrogen and oxygen atoms in total. The first kappa shape index (κ1) is 17.7. The Bertz CT molecular complexity index is 594. The Morgan fingerprint density at radius 1 is 1.15 bits per heavy atom. The minimum atomic E-state index is -0.348. The van der Waals surface area contributed by atoms with E-state index >= 15 is 0 Å². The number of carbonyl (C=O) groups excluding carboxylic acids is 1. The zero-order valence-corrected chi connectivity index (χ0v) is 14.9. The van der Waals surface area contributed by atoms with E-state index in [0.29, 0.717) is 19.8 Å². The zero-order valence-electron chi connectivity index (χ0n) is 14.9. The Morgan fingerprint density at radius 2 is 2.00 bits per heavy atom. The normalized spacial score (nSPS) is 31.5. The second kappa shape index (κ2) is 8.33. The van der Waals surface area contributed by atoms with Gasteiger partial charge in [0.05, 0.1) is 24.9 Å². The molecule has 26 heavy (non-hydrogen) atoms. The summed E-state index contributed by atoms with van der Waals surface area (Å²) in [6.45, 7) is 1.59. The fourth-order valence-electron chi connectivity index (χ4n) is 4.06. The minimum Gasteiger partial charge on any atom is -0.441 e. The second-order valence-electron chi connectivity index (χ2n) is 7.33. The van der Waals surface area contributed by atoms with Crippen LogP contribution in [0.3, 0.4) is 0 Å². The molecule has 7 heteroatoms. The fourth-order valence-corrected chi connectivity index (χ4v) is 4.06. The lowest BCUT2D eigenvalue weighted by atomic mass is 9.96. The molecule has 2 saturated heterocycles. The van der Waals surface area contributed by atoms with Crippen molar-refractivity contribution in [3.8, 4) is 0 Å². The van der Waals surface area contributed by atoms with Crippen molar-refractivity contribution in [2.75, 3.05) is 13.2 Å². The van der Waals surface area contributed by atoms with Gasteiger partial charge in [0.25, 0.3) is 0 Å². The number of rotatable bonds is 5. The summed E-state index contributed by atoms with van der Waals surface area (Å²) in [4.78, 5) is 16.5. The fraction of sp³-hybridized carbons (Fsp3) is 0.684. The molecule has 0 bridgehead atoms. The highest BCUT2D eigenvalue weighted by atomic mass is 16.6. The van der Waals surface area contributed by atoms with Gasteiger partial charge in [0.2, 0.25) is 0 Å². The van der Waals surface area contributed by atoms with Crippen molar-refractivity contribution in [1.82, 2.24) is 15.6 Å². The van der Waals surface area contributed by atoms with Crippen LogP contribution in [0.1, 0.15) is 37.8 Å². The van der Waals surface area contributed by atoms with Gasteiger partial charge in [0, 0.05) is 18.8 Å². The maximum Gasteiger partial charge on any atom is 0.407 e. The number of ether oxygens (including phenoxy) is 3. The largest absolute Gasteiger partial charge is 0.441 e. The molecular weight excluding hydrogens is 334 g/mol. The van der Waals surface area contributed by atoms with Gasteiger partial charge in [-0.05, 0) is 25.0 Å². The molecule has 1 amide bonds. The first-order valence-electron chi connectivity index (χ1n) is 9.63. The lowest BCUT2D eigenvalue weighted by molar-refractivity contribution is 0.00252. The summed E-state index contributed by atoms with van der Waals surface area (Å²) in [6, 6.07) is 6.18. The van der Waals surface area contributed by atoms with Gasteiger partial charge in [0.15, 0.2) is 6.10 Å². The average molecular weight is 361 g/mol. The van der Waals surface area contributed by atoms with Crippen molar-refractivity contribution in [2.24, 2.45) is 0 Å². The van der Waals surface area contributed by atoms with Crippen LogP contribution >= 0.6 is 0 Å². The molecular formula is C19H27N3O4. The molecule has 1 aromatic heterocycles. The lowest BCUT2D eigenvalue weighted by Gasteiger charge is -2.24. The molecule has 3 heterocycles. The number of hydrogen-bond donors (Lipinski definition) is 2. The van der Waals surface area contributed by atoms with E-state index < -0.39 is 0 Å². The third kappa shape index (κ3) is 4.16. The summed E-state index contributed by atoms with van der Waals surface area (Å²) in [5.74, 6) is 0. The zero-order chi connectivity index (χ0) is 17.8. The maximum absolute atomic E-state index is 12.2. The molecule has 1 saturated carbocycles. The lowest BCUT2D eigenvalue weighted by Crippen LogP contribution is -2.43. The van der Waals surface area contributed by atoms with Gasteiger partial charge in [-0.15, -0.1) is 0 Å². The molecule has 3 aliphatic rings. The third-order valence-electron chi connectivity index (χ3n) is 5.47. The van der Waals surface area contributed by atoms with Gasteiger partial charge in [-0.3, -0.25) is 4.98 Å². The van der Waals surface area contributed by atoms with E-state index in [9.17, 15) is 4.79 Å². The van der Waals surface area contributed by atoms with Crippen molar-refractivity contribution in [3.63, 3.8) is 0 Å². The molecule has 0 aromatic carbocycles. The monoisotopic (exact) mass is 361 g/mol. The number of amides is 1. The summed E-state index contributed by atoms with van der Waals surface area (Å²) >= 11 is 0. The van der Waals surface area contributed by atoms with Crippen molar-refractivity contribution in [2.45, 2.75) is 69.0 Å². The first-order valence-corrected chi connectivity index (χ1v) is 9.63. The number of pyridine rings is 1. The van der Waals surface area contributed by atoms with Gasteiger partial charge in [-0.1, -0.05) is 25.3 Å².